The molecule has 0 aliphatic carbocycles. The van der Waals surface area contributed by atoms with E-state index in [0.29, 0.717) is 0 Å². The van der Waals surface area contributed by atoms with Gasteiger partial charge in [-0.1, -0.05) is 5.92 Å². The normalized spacial score (nSPS) is 9.75. The van der Waals surface area contributed by atoms with Gasteiger partial charge in [0.1, 0.15) is 0 Å². The van der Waals surface area contributed by atoms with Gasteiger partial charge >= 0.3 is 0 Å². The number of hydrogen-bond acceptors (Lipinski definition) is 3. The number of terminal acetylenes is 1. The minimum atomic E-state index is 0.774. The van der Waals surface area contributed by atoms with Gasteiger partial charge in [-0.3, -0.25) is 0 Å². The van der Waals surface area contributed by atoms with E-state index in [1.165, 1.54) is 10.6 Å². The summed E-state index contributed by atoms with van der Waals surface area (Å²) in [6.07, 6.45) is 5.15. The van der Waals surface area contributed by atoms with Crippen LogP contribution in [0.4, 0.5) is 0 Å². The van der Waals surface area contributed by atoms with E-state index >= 15 is 0 Å². The Hall–Kier alpha value is -0.460. The van der Waals surface area contributed by atoms with Crippen molar-refractivity contribution < 1.29 is 0 Å². The molecule has 1 heterocycles. The van der Waals surface area contributed by atoms with Crippen LogP contribution in [-0.4, -0.2) is 10.7 Å². The number of thioether (sulfide) groups is 1. The molecule has 64 valence electrons. The van der Waals surface area contributed by atoms with Crippen molar-refractivity contribution in [2.45, 2.75) is 19.6 Å². The smallest absolute Gasteiger partial charge is 0.0900 e. The molecule has 0 unspecified atom stereocenters. The first kappa shape index (κ1) is 9.63. The molecule has 0 aliphatic heterocycles. The number of aromatic nitrogens is 1. The van der Waals surface area contributed by atoms with Gasteiger partial charge < -0.3 is 0 Å². The number of hydrogen-bond donors (Lipinski definition) is 0. The lowest BCUT2D eigenvalue weighted by Crippen LogP contribution is -1.84. The quantitative estimate of drug-likeness (QED) is 0.546. The molecule has 1 aromatic heterocycles. The molecule has 0 aromatic carbocycles. The average Bonchev–Trinajstić information content (AvgIpc) is 2.31. The highest BCUT2D eigenvalue weighted by Crippen LogP contribution is 2.20. The maximum atomic E-state index is 5.15. The lowest BCUT2D eigenvalue weighted by Gasteiger charge is -1.93. The first-order chi connectivity index (χ1) is 5.74. The molecule has 0 N–H and O–H groups in total. The lowest BCUT2D eigenvalue weighted by molar-refractivity contribution is 1.16. The van der Waals surface area contributed by atoms with Crippen molar-refractivity contribution >= 4 is 23.1 Å². The van der Waals surface area contributed by atoms with Gasteiger partial charge in [0.2, 0.25) is 0 Å². The van der Waals surface area contributed by atoms with Crippen LogP contribution in [0.25, 0.3) is 0 Å². The van der Waals surface area contributed by atoms with Crippen molar-refractivity contribution in [3.8, 4) is 12.3 Å². The Morgan fingerprint density at radius 1 is 1.58 bits per heavy atom. The van der Waals surface area contributed by atoms with Crippen LogP contribution in [-0.2, 0) is 5.75 Å². The molecule has 0 aliphatic rings. The van der Waals surface area contributed by atoms with Crippen LogP contribution in [0.1, 0.15) is 15.6 Å². The van der Waals surface area contributed by atoms with Gasteiger partial charge in [-0.15, -0.1) is 29.5 Å². The van der Waals surface area contributed by atoms with Gasteiger partial charge in [0.25, 0.3) is 0 Å². The van der Waals surface area contributed by atoms with Crippen LogP contribution in [0.2, 0.25) is 0 Å². The average molecular weight is 197 g/mol. The molecule has 1 rings (SSSR count). The van der Waals surface area contributed by atoms with Gasteiger partial charge in [0.15, 0.2) is 0 Å². The highest BCUT2D eigenvalue weighted by Gasteiger charge is 2.03. The van der Waals surface area contributed by atoms with Crippen molar-refractivity contribution in [1.82, 2.24) is 4.98 Å². The monoisotopic (exact) mass is 197 g/mol. The number of aryl methyl sites for hydroxylation is 2. The predicted molar refractivity (Wildman–Crippen MR) is 56.6 cm³/mol. The largest absolute Gasteiger partial charge is 0.245 e. The maximum absolute atomic E-state index is 5.15. The SMILES string of the molecule is C#CCSCc1nc(C)sc1C. The Kier molecular flexibility index (Phi) is 3.64. The van der Waals surface area contributed by atoms with Crippen LogP contribution in [0.3, 0.4) is 0 Å². The number of nitrogens with zero attached hydrogens (tertiary/aromatic N) is 1. The molecule has 0 saturated carbocycles. The molecular weight excluding hydrogens is 186 g/mol. The zero-order chi connectivity index (χ0) is 8.97. The first-order valence-electron chi connectivity index (χ1n) is 3.68. The highest BCUT2D eigenvalue weighted by molar-refractivity contribution is 7.98. The van der Waals surface area contributed by atoms with Gasteiger partial charge in [-0.25, -0.2) is 4.98 Å². The number of thiazole rings is 1. The minimum Gasteiger partial charge on any atom is -0.245 e. The molecular formula is C9H11NS2. The van der Waals surface area contributed by atoms with Crippen molar-refractivity contribution in [3.63, 3.8) is 0 Å². The third-order valence-corrected chi connectivity index (χ3v) is 3.20. The fourth-order valence-electron chi connectivity index (χ4n) is 0.913. The summed E-state index contributed by atoms with van der Waals surface area (Å²) in [5.74, 6) is 4.32. The zero-order valence-corrected chi connectivity index (χ0v) is 8.89. The van der Waals surface area contributed by atoms with E-state index in [4.69, 9.17) is 6.42 Å². The predicted octanol–water partition coefficient (Wildman–Crippen LogP) is 2.63. The second-order valence-corrected chi connectivity index (χ2v) is 4.83. The molecule has 0 amide bonds. The second-order valence-electron chi connectivity index (χ2n) is 2.43. The van der Waals surface area contributed by atoms with Crippen LogP contribution in [0.15, 0.2) is 0 Å². The Balaban J connectivity index is 2.52. The number of rotatable bonds is 3. The topological polar surface area (TPSA) is 12.9 Å². The van der Waals surface area contributed by atoms with Crippen molar-refractivity contribution in [2.24, 2.45) is 0 Å². The molecule has 0 bridgehead atoms. The van der Waals surface area contributed by atoms with Crippen LogP contribution in [0.5, 0.6) is 0 Å². The van der Waals surface area contributed by atoms with Crippen molar-refractivity contribution in [3.05, 3.63) is 15.6 Å². The summed E-state index contributed by atoms with van der Waals surface area (Å²) in [4.78, 5) is 5.73. The molecule has 3 heteroatoms. The summed E-state index contributed by atoms with van der Waals surface area (Å²) < 4.78 is 0. The van der Waals surface area contributed by atoms with Gasteiger partial charge in [-0.05, 0) is 13.8 Å². The van der Waals surface area contributed by atoms with Crippen molar-refractivity contribution in [1.29, 1.82) is 0 Å². The van der Waals surface area contributed by atoms with Crippen LogP contribution in [0, 0.1) is 26.2 Å². The fraction of sp³-hybridized carbons (Fsp3) is 0.444. The first-order valence-corrected chi connectivity index (χ1v) is 5.65. The van der Waals surface area contributed by atoms with Crippen molar-refractivity contribution in [2.75, 3.05) is 5.75 Å². The lowest BCUT2D eigenvalue weighted by atomic mass is 10.4. The van der Waals surface area contributed by atoms with Gasteiger partial charge in [-0.2, -0.15) is 0 Å². The second kappa shape index (κ2) is 4.54. The summed E-state index contributed by atoms with van der Waals surface area (Å²) in [5, 5.41) is 1.14. The van der Waals surface area contributed by atoms with E-state index in [-0.39, 0.29) is 0 Å². The summed E-state index contributed by atoms with van der Waals surface area (Å²) in [5.41, 5.74) is 1.19. The van der Waals surface area contributed by atoms with Gasteiger partial charge in [0.05, 0.1) is 16.5 Å². The molecule has 1 nitrogen and oxygen atoms in total. The Bertz CT molecular complexity index is 296. The molecule has 0 atom stereocenters. The highest BCUT2D eigenvalue weighted by atomic mass is 32.2. The van der Waals surface area contributed by atoms with E-state index in [9.17, 15) is 0 Å². The summed E-state index contributed by atoms with van der Waals surface area (Å²) in [6, 6.07) is 0. The molecule has 0 fully saturated rings. The molecule has 0 saturated heterocycles. The van der Waals surface area contributed by atoms with Gasteiger partial charge in [0, 0.05) is 10.6 Å². The summed E-state index contributed by atoms with van der Waals surface area (Å²) in [6.45, 7) is 4.14. The Morgan fingerprint density at radius 2 is 2.33 bits per heavy atom. The third-order valence-electron chi connectivity index (χ3n) is 1.42. The molecule has 12 heavy (non-hydrogen) atoms. The minimum absolute atomic E-state index is 0.774. The van der Waals surface area contributed by atoms with Crippen LogP contribution < -0.4 is 0 Å². The van der Waals surface area contributed by atoms with Crippen LogP contribution >= 0.6 is 23.1 Å². The standard InChI is InChI=1S/C9H11NS2/c1-4-5-11-6-9-7(2)12-8(3)10-9/h1H,5-6H2,2-3H3. The van der Waals surface area contributed by atoms with E-state index in [2.05, 4.69) is 17.8 Å². The fourth-order valence-corrected chi connectivity index (χ4v) is 2.53. The molecule has 1 aromatic rings. The Morgan fingerprint density at radius 3 is 2.83 bits per heavy atom. The van der Waals surface area contributed by atoms with E-state index in [1.54, 1.807) is 23.1 Å². The van der Waals surface area contributed by atoms with E-state index in [1.807, 2.05) is 6.92 Å². The summed E-state index contributed by atoms with van der Waals surface area (Å²) >= 11 is 3.49. The maximum Gasteiger partial charge on any atom is 0.0900 e. The summed E-state index contributed by atoms with van der Waals surface area (Å²) in [7, 11) is 0. The Labute approximate surface area is 81.6 Å². The van der Waals surface area contributed by atoms with E-state index < -0.39 is 0 Å². The zero-order valence-electron chi connectivity index (χ0n) is 7.26. The van der Waals surface area contributed by atoms with E-state index in [0.717, 1.165) is 16.5 Å². The molecule has 0 radical (unpaired) electrons. The third kappa shape index (κ3) is 2.54. The molecule has 0 spiro atoms.